The molecule has 0 atom stereocenters. The van der Waals surface area contributed by atoms with Gasteiger partial charge in [-0.25, -0.2) is 0 Å². The van der Waals surface area contributed by atoms with E-state index in [-0.39, 0.29) is 0 Å². The van der Waals surface area contributed by atoms with Crippen LogP contribution in [0.4, 0.5) is 0 Å². The molecule has 0 bridgehead atoms. The molecule has 0 aromatic heterocycles. The third-order valence-electron chi connectivity index (χ3n) is 4.28. The lowest BCUT2D eigenvalue weighted by Gasteiger charge is -2.30. The second-order valence-electron chi connectivity index (χ2n) is 5.61. The fourth-order valence-corrected chi connectivity index (χ4v) is 3.19. The van der Waals surface area contributed by atoms with Gasteiger partial charge in [0.05, 0.1) is 13.2 Å². The number of ether oxygens (including phenoxy) is 2. The molecule has 0 saturated heterocycles. The van der Waals surface area contributed by atoms with Gasteiger partial charge in [0.2, 0.25) is 0 Å². The van der Waals surface area contributed by atoms with Crippen molar-refractivity contribution in [1.29, 1.82) is 0 Å². The molecule has 0 aliphatic heterocycles. The smallest absolute Gasteiger partial charge is 0.119 e. The van der Waals surface area contributed by atoms with E-state index in [4.69, 9.17) is 9.47 Å². The topological polar surface area (TPSA) is 30.5 Å². The first-order valence-corrected chi connectivity index (χ1v) is 7.74. The fraction of sp³-hybridized carbons (Fsp3) is 0.647. The third-order valence-corrected chi connectivity index (χ3v) is 4.28. The molecule has 1 aromatic rings. The SMILES string of the molecule is CCOc1ccc(C2(CNCCOC)CCCC2)cc1. The molecule has 1 fully saturated rings. The molecule has 112 valence electrons. The Morgan fingerprint density at radius 3 is 2.45 bits per heavy atom. The zero-order valence-corrected chi connectivity index (χ0v) is 12.8. The summed E-state index contributed by atoms with van der Waals surface area (Å²) in [5, 5.41) is 3.55. The number of rotatable bonds is 8. The molecule has 0 radical (unpaired) electrons. The lowest BCUT2D eigenvalue weighted by atomic mass is 9.79. The van der Waals surface area contributed by atoms with Crippen LogP contribution in [0.5, 0.6) is 5.75 Å². The predicted molar refractivity (Wildman–Crippen MR) is 82.5 cm³/mol. The molecule has 20 heavy (non-hydrogen) atoms. The molecule has 3 nitrogen and oxygen atoms in total. The highest BCUT2D eigenvalue weighted by atomic mass is 16.5. The highest BCUT2D eigenvalue weighted by molar-refractivity contribution is 5.33. The predicted octanol–water partition coefficient (Wildman–Crippen LogP) is 3.13. The first-order chi connectivity index (χ1) is 9.80. The van der Waals surface area contributed by atoms with Gasteiger partial charge >= 0.3 is 0 Å². The molecule has 1 saturated carbocycles. The van der Waals surface area contributed by atoms with Crippen LogP contribution >= 0.6 is 0 Å². The van der Waals surface area contributed by atoms with E-state index in [0.717, 1.165) is 32.1 Å². The second kappa shape index (κ2) is 7.65. The Balaban J connectivity index is 2.03. The number of hydrogen-bond acceptors (Lipinski definition) is 3. The van der Waals surface area contributed by atoms with Crippen molar-refractivity contribution in [2.75, 3.05) is 33.4 Å². The lowest BCUT2D eigenvalue weighted by molar-refractivity contribution is 0.196. The van der Waals surface area contributed by atoms with E-state index in [9.17, 15) is 0 Å². The van der Waals surface area contributed by atoms with Crippen molar-refractivity contribution in [2.45, 2.75) is 38.0 Å². The summed E-state index contributed by atoms with van der Waals surface area (Å²) < 4.78 is 10.6. The molecule has 1 aromatic carbocycles. The lowest BCUT2D eigenvalue weighted by Crippen LogP contribution is -2.37. The Morgan fingerprint density at radius 2 is 1.85 bits per heavy atom. The summed E-state index contributed by atoms with van der Waals surface area (Å²) in [6.45, 7) is 5.49. The Hall–Kier alpha value is -1.06. The zero-order valence-electron chi connectivity index (χ0n) is 12.8. The Morgan fingerprint density at radius 1 is 1.15 bits per heavy atom. The molecule has 0 spiro atoms. The molecule has 1 aliphatic carbocycles. The zero-order chi connectivity index (χ0) is 14.3. The number of hydrogen-bond donors (Lipinski definition) is 1. The van der Waals surface area contributed by atoms with Crippen molar-refractivity contribution >= 4 is 0 Å². The average Bonchev–Trinajstić information content (AvgIpc) is 2.95. The summed E-state index contributed by atoms with van der Waals surface area (Å²) in [5.41, 5.74) is 1.75. The van der Waals surface area contributed by atoms with Crippen LogP contribution in [0.15, 0.2) is 24.3 Å². The minimum atomic E-state index is 0.304. The van der Waals surface area contributed by atoms with Crippen molar-refractivity contribution < 1.29 is 9.47 Å². The molecule has 1 N–H and O–H groups in total. The maximum absolute atomic E-state index is 5.54. The molecule has 2 rings (SSSR count). The van der Waals surface area contributed by atoms with Gasteiger partial charge in [-0.15, -0.1) is 0 Å². The van der Waals surface area contributed by atoms with Crippen LogP contribution in [-0.4, -0.2) is 33.4 Å². The van der Waals surface area contributed by atoms with E-state index in [1.807, 2.05) is 6.92 Å². The molecular formula is C17H27NO2. The maximum Gasteiger partial charge on any atom is 0.119 e. The molecule has 3 heteroatoms. The van der Waals surface area contributed by atoms with E-state index in [0.29, 0.717) is 5.41 Å². The molecule has 0 amide bonds. The summed E-state index contributed by atoms with van der Waals surface area (Å²) in [6, 6.07) is 8.70. The number of methoxy groups -OCH3 is 1. The summed E-state index contributed by atoms with van der Waals surface area (Å²) >= 11 is 0. The van der Waals surface area contributed by atoms with E-state index < -0.39 is 0 Å². The summed E-state index contributed by atoms with van der Waals surface area (Å²) in [4.78, 5) is 0. The fourth-order valence-electron chi connectivity index (χ4n) is 3.19. The van der Waals surface area contributed by atoms with Gasteiger partial charge in [0.1, 0.15) is 5.75 Å². The average molecular weight is 277 g/mol. The quantitative estimate of drug-likeness (QED) is 0.741. The van der Waals surface area contributed by atoms with Crippen LogP contribution < -0.4 is 10.1 Å². The largest absolute Gasteiger partial charge is 0.494 e. The van der Waals surface area contributed by atoms with Crippen molar-refractivity contribution in [3.05, 3.63) is 29.8 Å². The van der Waals surface area contributed by atoms with Gasteiger partial charge < -0.3 is 14.8 Å². The highest BCUT2D eigenvalue weighted by Crippen LogP contribution is 2.41. The Bertz CT molecular complexity index is 382. The minimum Gasteiger partial charge on any atom is -0.494 e. The van der Waals surface area contributed by atoms with Crippen LogP contribution in [0.3, 0.4) is 0 Å². The van der Waals surface area contributed by atoms with E-state index in [2.05, 4.69) is 29.6 Å². The third kappa shape index (κ3) is 3.74. The van der Waals surface area contributed by atoms with E-state index >= 15 is 0 Å². The minimum absolute atomic E-state index is 0.304. The van der Waals surface area contributed by atoms with Gasteiger partial charge in [-0.05, 0) is 37.5 Å². The van der Waals surface area contributed by atoms with Crippen LogP contribution in [0, 0.1) is 0 Å². The van der Waals surface area contributed by atoms with Crippen molar-refractivity contribution in [2.24, 2.45) is 0 Å². The number of nitrogens with one attached hydrogen (secondary N) is 1. The molecular weight excluding hydrogens is 250 g/mol. The van der Waals surface area contributed by atoms with Gasteiger partial charge in [-0.3, -0.25) is 0 Å². The van der Waals surface area contributed by atoms with Crippen LogP contribution in [0.2, 0.25) is 0 Å². The molecule has 0 unspecified atom stereocenters. The Kier molecular flexibility index (Phi) is 5.86. The summed E-state index contributed by atoms with van der Waals surface area (Å²) in [6.07, 6.45) is 5.22. The van der Waals surface area contributed by atoms with Crippen LogP contribution in [-0.2, 0) is 10.2 Å². The maximum atomic E-state index is 5.54. The Labute approximate surface area is 122 Å². The van der Waals surface area contributed by atoms with Gasteiger partial charge in [0.15, 0.2) is 0 Å². The molecule has 0 heterocycles. The van der Waals surface area contributed by atoms with Gasteiger partial charge in [0.25, 0.3) is 0 Å². The van der Waals surface area contributed by atoms with Gasteiger partial charge in [-0.2, -0.15) is 0 Å². The van der Waals surface area contributed by atoms with Crippen LogP contribution in [0.25, 0.3) is 0 Å². The summed E-state index contributed by atoms with van der Waals surface area (Å²) in [7, 11) is 1.75. The number of benzene rings is 1. The van der Waals surface area contributed by atoms with Gasteiger partial charge in [0, 0.05) is 25.6 Å². The monoisotopic (exact) mass is 277 g/mol. The first kappa shape index (κ1) is 15.3. The summed E-state index contributed by atoms with van der Waals surface area (Å²) in [5.74, 6) is 0.969. The van der Waals surface area contributed by atoms with Gasteiger partial charge in [-0.1, -0.05) is 25.0 Å². The standard InChI is InChI=1S/C17H27NO2/c1-3-20-16-8-6-15(7-9-16)17(10-4-5-11-17)14-18-12-13-19-2/h6-9,18H,3-5,10-14H2,1-2H3. The van der Waals surface area contributed by atoms with E-state index in [1.54, 1.807) is 7.11 Å². The second-order valence-corrected chi connectivity index (χ2v) is 5.61. The highest BCUT2D eigenvalue weighted by Gasteiger charge is 2.35. The van der Waals surface area contributed by atoms with Crippen molar-refractivity contribution in [1.82, 2.24) is 5.32 Å². The van der Waals surface area contributed by atoms with E-state index in [1.165, 1.54) is 31.2 Å². The first-order valence-electron chi connectivity index (χ1n) is 7.74. The van der Waals surface area contributed by atoms with Crippen molar-refractivity contribution in [3.63, 3.8) is 0 Å². The normalized spacial score (nSPS) is 17.3. The molecule has 1 aliphatic rings. The van der Waals surface area contributed by atoms with Crippen molar-refractivity contribution in [3.8, 4) is 5.75 Å². The van der Waals surface area contributed by atoms with Crippen LogP contribution in [0.1, 0.15) is 38.2 Å².